The van der Waals surface area contributed by atoms with E-state index in [1.807, 2.05) is 44.2 Å². The van der Waals surface area contributed by atoms with E-state index in [0.29, 0.717) is 24.6 Å². The third kappa shape index (κ3) is 3.59. The highest BCUT2D eigenvalue weighted by Gasteiger charge is 2.35. The van der Waals surface area contributed by atoms with Crippen molar-refractivity contribution < 1.29 is 9.47 Å². The van der Waals surface area contributed by atoms with Crippen molar-refractivity contribution in [3.05, 3.63) is 87.5 Å². The molecule has 0 fully saturated rings. The Morgan fingerprint density at radius 2 is 2.09 bits per heavy atom. The molecule has 0 aliphatic carbocycles. The average molecular weight is 460 g/mol. The number of aryl methyl sites for hydroxylation is 2. The van der Waals surface area contributed by atoms with E-state index in [0.717, 1.165) is 44.1 Å². The summed E-state index contributed by atoms with van der Waals surface area (Å²) in [6.45, 7) is 4.97. The highest BCUT2D eigenvalue weighted by molar-refractivity contribution is 6.31. The number of fused-ring (bicyclic) bond motifs is 2. The summed E-state index contributed by atoms with van der Waals surface area (Å²) >= 11 is 6.11. The predicted molar refractivity (Wildman–Crippen MR) is 126 cm³/mol. The van der Waals surface area contributed by atoms with Crippen LogP contribution >= 0.6 is 11.6 Å². The number of hydrogen-bond acceptors (Lipinski definition) is 5. The van der Waals surface area contributed by atoms with Crippen LogP contribution in [0.1, 0.15) is 28.3 Å². The lowest BCUT2D eigenvalue weighted by Gasteiger charge is -2.23. The number of ether oxygens (including phenoxy) is 2. The molecule has 1 atom stereocenters. The zero-order valence-electron chi connectivity index (χ0n) is 18.2. The minimum absolute atomic E-state index is 0.0831. The molecular formula is C25H22ClN5O2. The van der Waals surface area contributed by atoms with Gasteiger partial charge in [-0.05, 0) is 49.2 Å². The van der Waals surface area contributed by atoms with Crippen molar-refractivity contribution in [1.82, 2.24) is 14.8 Å². The van der Waals surface area contributed by atoms with E-state index in [1.54, 1.807) is 0 Å². The normalized spacial score (nSPS) is 15.3. The SMILES string of the molecule is Cc1cc(OCCn2cc(C3C(C#N)=C(N)Oc4n[nH]c(C)c43)c3ccccc32)ccc1Cl. The average Bonchev–Trinajstić information content (AvgIpc) is 3.36. The van der Waals surface area contributed by atoms with Gasteiger partial charge in [-0.2, -0.15) is 5.26 Å². The molecule has 166 valence electrons. The molecule has 33 heavy (non-hydrogen) atoms. The summed E-state index contributed by atoms with van der Waals surface area (Å²) in [5.74, 6) is 0.898. The van der Waals surface area contributed by atoms with E-state index in [-0.39, 0.29) is 11.8 Å². The Morgan fingerprint density at radius 1 is 1.27 bits per heavy atom. The van der Waals surface area contributed by atoms with Gasteiger partial charge in [0.1, 0.15) is 24.0 Å². The molecule has 3 heterocycles. The summed E-state index contributed by atoms with van der Waals surface area (Å²) < 4.78 is 13.7. The van der Waals surface area contributed by atoms with Gasteiger partial charge in [0.15, 0.2) is 0 Å². The molecule has 0 saturated heterocycles. The van der Waals surface area contributed by atoms with E-state index in [2.05, 4.69) is 39.2 Å². The van der Waals surface area contributed by atoms with Crippen molar-refractivity contribution in [2.24, 2.45) is 5.73 Å². The second-order valence-corrected chi connectivity index (χ2v) is 8.45. The maximum atomic E-state index is 9.90. The van der Waals surface area contributed by atoms with Gasteiger partial charge >= 0.3 is 0 Å². The number of rotatable bonds is 5. The van der Waals surface area contributed by atoms with Crippen molar-refractivity contribution >= 4 is 22.5 Å². The van der Waals surface area contributed by atoms with Crippen LogP contribution < -0.4 is 15.2 Å². The number of halogens is 1. The standard InChI is InChI=1S/C25H22ClN5O2/c1-14-11-16(7-8-20(14)26)32-10-9-31-13-19(17-5-3-4-6-21(17)31)23-18(12-27)24(28)33-25-22(23)15(2)29-30-25/h3-8,11,13,23H,9-10,28H2,1-2H3,(H,29,30). The number of aromatic nitrogens is 3. The van der Waals surface area contributed by atoms with Crippen LogP contribution in [0.25, 0.3) is 10.9 Å². The smallest absolute Gasteiger partial charge is 0.244 e. The molecule has 0 radical (unpaired) electrons. The molecule has 5 rings (SSSR count). The third-order valence-electron chi connectivity index (χ3n) is 5.99. The molecule has 8 heteroatoms. The molecule has 1 aliphatic rings. The Balaban J connectivity index is 1.52. The third-order valence-corrected chi connectivity index (χ3v) is 6.41. The van der Waals surface area contributed by atoms with Crippen LogP contribution in [0.4, 0.5) is 0 Å². The van der Waals surface area contributed by atoms with Gasteiger partial charge in [-0.3, -0.25) is 5.10 Å². The molecule has 7 nitrogen and oxygen atoms in total. The molecule has 0 spiro atoms. The van der Waals surface area contributed by atoms with Gasteiger partial charge in [0, 0.05) is 33.4 Å². The fourth-order valence-electron chi connectivity index (χ4n) is 4.37. The van der Waals surface area contributed by atoms with Crippen LogP contribution in [-0.4, -0.2) is 21.4 Å². The maximum absolute atomic E-state index is 9.90. The molecule has 0 saturated carbocycles. The first kappa shape index (κ1) is 21.0. The van der Waals surface area contributed by atoms with Crippen molar-refractivity contribution in [3.63, 3.8) is 0 Å². The molecule has 0 bridgehead atoms. The van der Waals surface area contributed by atoms with E-state index in [4.69, 9.17) is 26.8 Å². The molecule has 1 unspecified atom stereocenters. The lowest BCUT2D eigenvalue weighted by Crippen LogP contribution is -2.21. The summed E-state index contributed by atoms with van der Waals surface area (Å²) in [5, 5.41) is 18.8. The Labute approximate surface area is 196 Å². The Morgan fingerprint density at radius 3 is 2.88 bits per heavy atom. The number of allylic oxidation sites excluding steroid dienone is 1. The minimum atomic E-state index is -0.372. The summed E-state index contributed by atoms with van der Waals surface area (Å²) in [5.41, 5.74) is 11.2. The number of aromatic amines is 1. The van der Waals surface area contributed by atoms with Crippen molar-refractivity contribution in [2.45, 2.75) is 26.3 Å². The maximum Gasteiger partial charge on any atom is 0.244 e. The lowest BCUT2D eigenvalue weighted by atomic mass is 9.84. The highest BCUT2D eigenvalue weighted by Crippen LogP contribution is 2.45. The fraction of sp³-hybridized carbons (Fsp3) is 0.200. The van der Waals surface area contributed by atoms with Crippen LogP contribution in [0.5, 0.6) is 11.6 Å². The van der Waals surface area contributed by atoms with Gasteiger partial charge in [0.05, 0.1) is 12.5 Å². The van der Waals surface area contributed by atoms with Gasteiger partial charge in [0.2, 0.25) is 11.8 Å². The molecule has 2 aromatic heterocycles. The molecule has 1 aliphatic heterocycles. The lowest BCUT2D eigenvalue weighted by molar-refractivity contribution is 0.300. The first-order chi connectivity index (χ1) is 16.0. The van der Waals surface area contributed by atoms with E-state index >= 15 is 0 Å². The number of hydrogen-bond donors (Lipinski definition) is 2. The van der Waals surface area contributed by atoms with Crippen LogP contribution in [-0.2, 0) is 6.54 Å². The molecule has 2 aromatic carbocycles. The number of nitrogens with zero attached hydrogens (tertiary/aromatic N) is 3. The van der Waals surface area contributed by atoms with Crippen LogP contribution in [0.2, 0.25) is 5.02 Å². The topological polar surface area (TPSA) is 102 Å². The quantitative estimate of drug-likeness (QED) is 0.440. The summed E-state index contributed by atoms with van der Waals surface area (Å²) in [4.78, 5) is 0. The molecule has 4 aromatic rings. The number of H-pyrrole nitrogens is 1. The number of para-hydroxylation sites is 1. The van der Waals surface area contributed by atoms with Gasteiger partial charge in [0.25, 0.3) is 0 Å². The van der Waals surface area contributed by atoms with Crippen molar-refractivity contribution in [2.75, 3.05) is 6.61 Å². The number of benzene rings is 2. The Kier molecular flexibility index (Phi) is 5.23. The molecule has 0 amide bonds. The Bertz CT molecular complexity index is 1440. The number of nitrogens with two attached hydrogens (primary N) is 1. The van der Waals surface area contributed by atoms with Crippen LogP contribution in [0.15, 0.2) is 60.1 Å². The van der Waals surface area contributed by atoms with E-state index in [9.17, 15) is 5.26 Å². The first-order valence-electron chi connectivity index (χ1n) is 10.6. The second kappa shape index (κ2) is 8.23. The van der Waals surface area contributed by atoms with Crippen LogP contribution in [0, 0.1) is 25.2 Å². The second-order valence-electron chi connectivity index (χ2n) is 8.05. The fourth-order valence-corrected chi connectivity index (χ4v) is 4.49. The summed E-state index contributed by atoms with van der Waals surface area (Å²) in [6.07, 6.45) is 2.07. The highest BCUT2D eigenvalue weighted by atomic mass is 35.5. The number of nitrogens with one attached hydrogen (secondary N) is 1. The predicted octanol–water partition coefficient (Wildman–Crippen LogP) is 4.93. The first-order valence-corrected chi connectivity index (χ1v) is 10.9. The van der Waals surface area contributed by atoms with E-state index < -0.39 is 0 Å². The van der Waals surface area contributed by atoms with E-state index in [1.165, 1.54) is 0 Å². The van der Waals surface area contributed by atoms with Gasteiger partial charge < -0.3 is 19.8 Å². The van der Waals surface area contributed by atoms with Gasteiger partial charge in [-0.1, -0.05) is 29.8 Å². The largest absolute Gasteiger partial charge is 0.492 e. The zero-order chi connectivity index (χ0) is 23.1. The summed E-state index contributed by atoms with van der Waals surface area (Å²) in [6, 6.07) is 16.0. The molecule has 3 N–H and O–H groups in total. The summed E-state index contributed by atoms with van der Waals surface area (Å²) in [7, 11) is 0. The number of nitriles is 1. The van der Waals surface area contributed by atoms with Crippen molar-refractivity contribution in [1.29, 1.82) is 5.26 Å². The zero-order valence-corrected chi connectivity index (χ0v) is 19.0. The Hall–Kier alpha value is -3.89. The van der Waals surface area contributed by atoms with Gasteiger partial charge in [-0.25, -0.2) is 0 Å². The minimum Gasteiger partial charge on any atom is -0.492 e. The molecular weight excluding hydrogens is 438 g/mol. The van der Waals surface area contributed by atoms with Crippen molar-refractivity contribution in [3.8, 4) is 17.7 Å². The van der Waals surface area contributed by atoms with Gasteiger partial charge in [-0.15, -0.1) is 5.10 Å². The monoisotopic (exact) mass is 459 g/mol. The van der Waals surface area contributed by atoms with Crippen LogP contribution in [0.3, 0.4) is 0 Å².